The maximum Gasteiger partial charge on any atom is 0.260 e. The molecule has 112 valence electrons. The molecule has 0 bridgehead atoms. The van der Waals surface area contributed by atoms with Crippen molar-refractivity contribution in [3.63, 3.8) is 0 Å². The van der Waals surface area contributed by atoms with Crippen LogP contribution in [0, 0.1) is 0 Å². The summed E-state index contributed by atoms with van der Waals surface area (Å²) in [4.78, 5) is 4.14. The third kappa shape index (κ3) is 3.77. The van der Waals surface area contributed by atoms with Crippen molar-refractivity contribution in [2.75, 3.05) is 19.6 Å². The lowest BCUT2D eigenvalue weighted by Crippen LogP contribution is -2.32. The van der Waals surface area contributed by atoms with Gasteiger partial charge in [-0.05, 0) is 31.0 Å². The Hall–Kier alpha value is -0.980. The minimum absolute atomic E-state index is 0.166. The average Bonchev–Trinajstić information content (AvgIpc) is 2.75. The Balaban J connectivity index is 2.12. The Morgan fingerprint density at radius 1 is 1.20 bits per heavy atom. The van der Waals surface area contributed by atoms with Crippen molar-refractivity contribution >= 4 is 10.0 Å². The molecule has 2 heterocycles. The standard InChI is InChI=1S/C14H23N3O2S/c1-2-15-11-13-7-8-14(16-12-13)20(18,19)17-9-5-3-4-6-10-17/h7-8,12,15H,2-6,9-11H2,1H3. The van der Waals surface area contributed by atoms with Crippen molar-refractivity contribution in [2.24, 2.45) is 0 Å². The molecule has 20 heavy (non-hydrogen) atoms. The topological polar surface area (TPSA) is 62.3 Å². The van der Waals surface area contributed by atoms with Gasteiger partial charge in [-0.3, -0.25) is 0 Å². The van der Waals surface area contributed by atoms with Crippen molar-refractivity contribution < 1.29 is 8.42 Å². The second-order valence-corrected chi connectivity index (χ2v) is 6.99. The normalized spacial score (nSPS) is 17.9. The fourth-order valence-electron chi connectivity index (χ4n) is 2.35. The van der Waals surface area contributed by atoms with Crippen molar-refractivity contribution in [1.82, 2.24) is 14.6 Å². The summed E-state index contributed by atoms with van der Waals surface area (Å²) in [7, 11) is -3.42. The molecule has 0 aromatic carbocycles. The van der Waals surface area contributed by atoms with Gasteiger partial charge in [0.1, 0.15) is 0 Å². The molecule has 6 heteroatoms. The van der Waals surface area contributed by atoms with E-state index in [-0.39, 0.29) is 5.03 Å². The molecule has 0 aliphatic carbocycles. The first-order valence-electron chi connectivity index (χ1n) is 7.30. The summed E-state index contributed by atoms with van der Waals surface area (Å²) < 4.78 is 26.6. The number of pyridine rings is 1. The van der Waals surface area contributed by atoms with Crippen LogP contribution in [0.1, 0.15) is 38.2 Å². The van der Waals surface area contributed by atoms with Gasteiger partial charge in [0.25, 0.3) is 10.0 Å². The zero-order valence-corrected chi connectivity index (χ0v) is 12.8. The van der Waals surface area contributed by atoms with Crippen molar-refractivity contribution in [2.45, 2.75) is 44.2 Å². The molecule has 1 saturated heterocycles. The minimum Gasteiger partial charge on any atom is -0.313 e. The van der Waals surface area contributed by atoms with Crippen LogP contribution >= 0.6 is 0 Å². The van der Waals surface area contributed by atoms with Crippen molar-refractivity contribution in [3.8, 4) is 0 Å². The number of nitrogens with one attached hydrogen (secondary N) is 1. The first-order valence-corrected chi connectivity index (χ1v) is 8.74. The molecule has 1 aromatic rings. The van der Waals surface area contributed by atoms with Crippen molar-refractivity contribution in [1.29, 1.82) is 0 Å². The third-order valence-corrected chi connectivity index (χ3v) is 5.36. The summed E-state index contributed by atoms with van der Waals surface area (Å²) in [6, 6.07) is 3.45. The second kappa shape index (κ2) is 7.15. The van der Waals surface area contributed by atoms with Crippen LogP contribution in [-0.4, -0.2) is 37.3 Å². The van der Waals surface area contributed by atoms with Crippen LogP contribution in [0.5, 0.6) is 0 Å². The molecule has 5 nitrogen and oxygen atoms in total. The van der Waals surface area contributed by atoms with E-state index < -0.39 is 10.0 Å². The summed E-state index contributed by atoms with van der Waals surface area (Å²) in [5, 5.41) is 3.36. The summed E-state index contributed by atoms with van der Waals surface area (Å²) in [5.41, 5.74) is 1.00. The Morgan fingerprint density at radius 3 is 2.45 bits per heavy atom. The number of sulfonamides is 1. The van der Waals surface area contributed by atoms with Gasteiger partial charge >= 0.3 is 0 Å². The zero-order chi connectivity index (χ0) is 14.4. The Bertz CT molecular complexity index is 506. The first kappa shape index (κ1) is 15.4. The second-order valence-electron chi connectivity index (χ2n) is 5.10. The van der Waals surface area contributed by atoms with Crippen LogP contribution in [-0.2, 0) is 16.6 Å². The number of hydrogen-bond acceptors (Lipinski definition) is 4. The van der Waals surface area contributed by atoms with Crippen LogP contribution in [0.15, 0.2) is 23.4 Å². The monoisotopic (exact) mass is 297 g/mol. The largest absolute Gasteiger partial charge is 0.313 e. The van der Waals surface area contributed by atoms with E-state index in [0.29, 0.717) is 19.6 Å². The molecule has 1 aliphatic rings. The van der Waals surface area contributed by atoms with Crippen LogP contribution < -0.4 is 5.32 Å². The van der Waals surface area contributed by atoms with Gasteiger partial charge in [-0.25, -0.2) is 13.4 Å². The highest BCUT2D eigenvalue weighted by atomic mass is 32.2. The van der Waals surface area contributed by atoms with Gasteiger partial charge < -0.3 is 5.32 Å². The summed E-state index contributed by atoms with van der Waals surface area (Å²) in [5.74, 6) is 0. The molecule has 0 radical (unpaired) electrons. The van der Waals surface area contributed by atoms with Crippen molar-refractivity contribution in [3.05, 3.63) is 23.9 Å². The molecular weight excluding hydrogens is 274 g/mol. The minimum atomic E-state index is -3.42. The lowest BCUT2D eigenvalue weighted by Gasteiger charge is -2.19. The summed E-state index contributed by atoms with van der Waals surface area (Å²) >= 11 is 0. The SMILES string of the molecule is CCNCc1ccc(S(=O)(=O)N2CCCCCC2)nc1. The molecule has 1 aliphatic heterocycles. The maximum atomic E-state index is 12.5. The lowest BCUT2D eigenvalue weighted by molar-refractivity contribution is 0.421. The highest BCUT2D eigenvalue weighted by molar-refractivity contribution is 7.89. The molecular formula is C14H23N3O2S. The van der Waals surface area contributed by atoms with Gasteiger partial charge in [0.15, 0.2) is 5.03 Å². The van der Waals surface area contributed by atoms with Crippen LogP contribution in [0.4, 0.5) is 0 Å². The van der Waals surface area contributed by atoms with Gasteiger partial charge in [0.05, 0.1) is 0 Å². The lowest BCUT2D eigenvalue weighted by atomic mass is 10.2. The molecule has 0 spiro atoms. The predicted octanol–water partition coefficient (Wildman–Crippen LogP) is 1.76. The Labute approximate surface area is 121 Å². The first-order chi connectivity index (χ1) is 9.64. The number of hydrogen-bond donors (Lipinski definition) is 1. The number of aromatic nitrogens is 1. The van der Waals surface area contributed by atoms with Crippen LogP contribution in [0.25, 0.3) is 0 Å². The van der Waals surface area contributed by atoms with E-state index in [4.69, 9.17) is 0 Å². The van der Waals surface area contributed by atoms with E-state index in [1.807, 2.05) is 13.0 Å². The number of rotatable bonds is 5. The number of nitrogens with zero attached hydrogens (tertiary/aromatic N) is 2. The smallest absolute Gasteiger partial charge is 0.260 e. The van der Waals surface area contributed by atoms with Gasteiger partial charge in [-0.1, -0.05) is 25.8 Å². The van der Waals surface area contributed by atoms with Gasteiger partial charge in [0, 0.05) is 25.8 Å². The zero-order valence-electron chi connectivity index (χ0n) is 12.0. The molecule has 0 saturated carbocycles. The van der Waals surface area contributed by atoms with Gasteiger partial charge in [-0.2, -0.15) is 4.31 Å². The third-order valence-electron chi connectivity index (χ3n) is 3.55. The van der Waals surface area contributed by atoms with Gasteiger partial charge in [0.2, 0.25) is 0 Å². The summed E-state index contributed by atoms with van der Waals surface area (Å²) in [6.45, 7) is 4.86. The highest BCUT2D eigenvalue weighted by Gasteiger charge is 2.26. The molecule has 0 unspecified atom stereocenters. The molecule has 0 amide bonds. The fourth-order valence-corrected chi connectivity index (χ4v) is 3.78. The van der Waals surface area contributed by atoms with E-state index in [9.17, 15) is 8.42 Å². The average molecular weight is 297 g/mol. The molecule has 1 N–H and O–H groups in total. The van der Waals surface area contributed by atoms with E-state index in [1.165, 1.54) is 0 Å². The van der Waals surface area contributed by atoms with Crippen LogP contribution in [0.2, 0.25) is 0 Å². The Morgan fingerprint density at radius 2 is 1.90 bits per heavy atom. The van der Waals surface area contributed by atoms with E-state index >= 15 is 0 Å². The quantitative estimate of drug-likeness (QED) is 0.899. The highest BCUT2D eigenvalue weighted by Crippen LogP contribution is 2.18. The fraction of sp³-hybridized carbons (Fsp3) is 0.643. The van der Waals surface area contributed by atoms with E-state index in [0.717, 1.165) is 37.8 Å². The van der Waals surface area contributed by atoms with Crippen LogP contribution in [0.3, 0.4) is 0 Å². The summed E-state index contributed by atoms with van der Waals surface area (Å²) in [6.07, 6.45) is 5.75. The molecule has 1 fully saturated rings. The molecule has 0 atom stereocenters. The molecule has 1 aromatic heterocycles. The Kier molecular flexibility index (Phi) is 5.51. The maximum absolute atomic E-state index is 12.5. The van der Waals surface area contributed by atoms with E-state index in [1.54, 1.807) is 16.6 Å². The van der Waals surface area contributed by atoms with Gasteiger partial charge in [-0.15, -0.1) is 0 Å². The predicted molar refractivity (Wildman–Crippen MR) is 78.8 cm³/mol. The van der Waals surface area contributed by atoms with E-state index in [2.05, 4.69) is 10.3 Å². The molecule has 2 rings (SSSR count).